The Kier molecular flexibility index (Phi) is 2.15. The smallest absolute Gasteiger partial charge is 0.171 e. The van der Waals surface area contributed by atoms with Crippen LogP contribution in [0.15, 0.2) is 12.1 Å². The zero-order valence-electron chi connectivity index (χ0n) is 8.04. The molecule has 0 aliphatic heterocycles. The number of carbonyl (C=O) groups is 1. The van der Waals surface area contributed by atoms with Crippen molar-refractivity contribution >= 4 is 5.78 Å². The van der Waals surface area contributed by atoms with E-state index < -0.39 is 0 Å². The fraction of sp³-hybridized carbons (Fsp3) is 0.364. The second-order valence-electron chi connectivity index (χ2n) is 3.30. The molecule has 0 aromatic heterocycles. The number of ketones is 1. The predicted octanol–water partition coefficient (Wildman–Crippen LogP) is 1.92. The molecule has 0 radical (unpaired) electrons. The number of fused-ring (bicyclic) bond motifs is 1. The van der Waals surface area contributed by atoms with Crippen molar-refractivity contribution in [1.82, 2.24) is 0 Å². The molecule has 0 fully saturated rings. The standard InChI is InChI=1S/C11H12O3/c1-2-14-11-9(13)6-4-7-3-5-8(12)10(7)11/h4,6,13H,2-3,5H2,1H3. The number of aromatic hydroxyl groups is 1. The van der Waals surface area contributed by atoms with Crippen LogP contribution in [0.25, 0.3) is 0 Å². The van der Waals surface area contributed by atoms with E-state index in [1.54, 1.807) is 12.1 Å². The second-order valence-corrected chi connectivity index (χ2v) is 3.30. The molecule has 74 valence electrons. The van der Waals surface area contributed by atoms with Crippen molar-refractivity contribution in [1.29, 1.82) is 0 Å². The predicted molar refractivity (Wildman–Crippen MR) is 51.9 cm³/mol. The summed E-state index contributed by atoms with van der Waals surface area (Å²) >= 11 is 0. The topological polar surface area (TPSA) is 46.5 Å². The number of aryl methyl sites for hydroxylation is 1. The lowest BCUT2D eigenvalue weighted by atomic mass is 10.1. The van der Waals surface area contributed by atoms with E-state index in [1.807, 2.05) is 6.92 Å². The minimum Gasteiger partial charge on any atom is -0.504 e. The van der Waals surface area contributed by atoms with E-state index in [0.29, 0.717) is 24.3 Å². The van der Waals surface area contributed by atoms with Gasteiger partial charge in [0.2, 0.25) is 0 Å². The van der Waals surface area contributed by atoms with Crippen molar-refractivity contribution in [2.75, 3.05) is 6.61 Å². The van der Waals surface area contributed by atoms with Crippen LogP contribution in [-0.4, -0.2) is 17.5 Å². The van der Waals surface area contributed by atoms with Gasteiger partial charge in [0.1, 0.15) is 0 Å². The van der Waals surface area contributed by atoms with Crippen LogP contribution >= 0.6 is 0 Å². The molecule has 0 heterocycles. The van der Waals surface area contributed by atoms with E-state index in [2.05, 4.69) is 0 Å². The Hall–Kier alpha value is -1.51. The van der Waals surface area contributed by atoms with Crippen molar-refractivity contribution in [2.45, 2.75) is 19.8 Å². The van der Waals surface area contributed by atoms with Gasteiger partial charge in [-0.25, -0.2) is 0 Å². The lowest BCUT2D eigenvalue weighted by Crippen LogP contribution is -2.00. The van der Waals surface area contributed by atoms with Gasteiger partial charge in [-0.2, -0.15) is 0 Å². The number of Topliss-reactive ketones (excluding diaryl/α,β-unsaturated/α-hetero) is 1. The molecule has 0 unspecified atom stereocenters. The summed E-state index contributed by atoms with van der Waals surface area (Å²) in [6.07, 6.45) is 1.29. The molecule has 0 amide bonds. The normalized spacial score (nSPS) is 14.2. The summed E-state index contributed by atoms with van der Waals surface area (Å²) in [5.74, 6) is 0.479. The van der Waals surface area contributed by atoms with Gasteiger partial charge >= 0.3 is 0 Å². The highest BCUT2D eigenvalue weighted by Crippen LogP contribution is 2.37. The number of rotatable bonds is 2. The molecule has 3 heteroatoms. The molecule has 1 N–H and O–H groups in total. The van der Waals surface area contributed by atoms with E-state index in [-0.39, 0.29) is 11.5 Å². The second kappa shape index (κ2) is 3.33. The van der Waals surface area contributed by atoms with Gasteiger partial charge in [0, 0.05) is 6.42 Å². The molecule has 0 saturated heterocycles. The zero-order chi connectivity index (χ0) is 10.1. The Morgan fingerprint density at radius 2 is 2.21 bits per heavy atom. The van der Waals surface area contributed by atoms with Crippen LogP contribution in [0.2, 0.25) is 0 Å². The summed E-state index contributed by atoms with van der Waals surface area (Å²) in [5, 5.41) is 9.55. The van der Waals surface area contributed by atoms with Crippen LogP contribution in [0.5, 0.6) is 11.5 Å². The highest BCUT2D eigenvalue weighted by Gasteiger charge is 2.25. The first-order valence-corrected chi connectivity index (χ1v) is 4.75. The SMILES string of the molecule is CCOc1c(O)ccc2c1C(=O)CC2. The van der Waals surface area contributed by atoms with E-state index in [1.165, 1.54) is 0 Å². The van der Waals surface area contributed by atoms with Gasteiger partial charge in [-0.1, -0.05) is 6.07 Å². The highest BCUT2D eigenvalue weighted by molar-refractivity contribution is 6.03. The van der Waals surface area contributed by atoms with E-state index in [4.69, 9.17) is 4.74 Å². The minimum atomic E-state index is 0.0563. The van der Waals surface area contributed by atoms with E-state index in [9.17, 15) is 9.90 Å². The third-order valence-electron chi connectivity index (χ3n) is 2.41. The molecule has 3 nitrogen and oxygen atoms in total. The number of hydrogen-bond donors (Lipinski definition) is 1. The van der Waals surface area contributed by atoms with E-state index in [0.717, 1.165) is 12.0 Å². The van der Waals surface area contributed by atoms with Crippen molar-refractivity contribution in [3.8, 4) is 11.5 Å². The fourth-order valence-electron chi connectivity index (χ4n) is 1.79. The maximum Gasteiger partial charge on any atom is 0.171 e. The number of ether oxygens (including phenoxy) is 1. The van der Waals surface area contributed by atoms with Crippen LogP contribution < -0.4 is 4.74 Å². The first kappa shape index (κ1) is 9.06. The molecule has 0 bridgehead atoms. The van der Waals surface area contributed by atoms with Crippen molar-refractivity contribution in [3.63, 3.8) is 0 Å². The minimum absolute atomic E-state index is 0.0563. The average Bonchev–Trinajstić information content (AvgIpc) is 2.53. The van der Waals surface area contributed by atoms with Gasteiger partial charge in [-0.15, -0.1) is 0 Å². The summed E-state index contributed by atoms with van der Waals surface area (Å²) in [5.41, 5.74) is 1.56. The van der Waals surface area contributed by atoms with Crippen LogP contribution in [0, 0.1) is 0 Å². The zero-order valence-corrected chi connectivity index (χ0v) is 8.04. The van der Waals surface area contributed by atoms with Gasteiger partial charge in [0.15, 0.2) is 17.3 Å². The van der Waals surface area contributed by atoms with Gasteiger partial charge in [0.25, 0.3) is 0 Å². The Morgan fingerprint density at radius 3 is 2.93 bits per heavy atom. The Labute approximate surface area is 82.3 Å². The maximum absolute atomic E-state index is 11.5. The Bertz CT molecular complexity index is 382. The molecule has 1 aliphatic rings. The Morgan fingerprint density at radius 1 is 1.43 bits per heavy atom. The largest absolute Gasteiger partial charge is 0.504 e. The first-order chi connectivity index (χ1) is 6.74. The molecule has 1 aromatic carbocycles. The van der Waals surface area contributed by atoms with Gasteiger partial charge in [-0.3, -0.25) is 4.79 Å². The molecular weight excluding hydrogens is 180 g/mol. The van der Waals surface area contributed by atoms with Gasteiger partial charge < -0.3 is 9.84 Å². The quantitative estimate of drug-likeness (QED) is 0.778. The average molecular weight is 192 g/mol. The fourth-order valence-corrected chi connectivity index (χ4v) is 1.79. The van der Waals surface area contributed by atoms with Crippen LogP contribution in [-0.2, 0) is 6.42 Å². The molecular formula is C11H12O3. The van der Waals surface area contributed by atoms with Crippen LogP contribution in [0.3, 0.4) is 0 Å². The lowest BCUT2D eigenvalue weighted by molar-refractivity contribution is 0.0990. The van der Waals surface area contributed by atoms with Gasteiger partial charge in [-0.05, 0) is 25.0 Å². The monoisotopic (exact) mass is 192 g/mol. The van der Waals surface area contributed by atoms with Crippen LogP contribution in [0.4, 0.5) is 0 Å². The molecule has 2 rings (SSSR count). The van der Waals surface area contributed by atoms with Crippen molar-refractivity contribution in [3.05, 3.63) is 23.3 Å². The maximum atomic E-state index is 11.5. The summed E-state index contributed by atoms with van der Waals surface area (Å²) in [7, 11) is 0. The summed E-state index contributed by atoms with van der Waals surface area (Å²) < 4.78 is 5.28. The van der Waals surface area contributed by atoms with Gasteiger partial charge in [0.05, 0.1) is 12.2 Å². The molecule has 1 aromatic rings. The highest BCUT2D eigenvalue weighted by atomic mass is 16.5. The Balaban J connectivity index is 2.56. The molecule has 0 atom stereocenters. The summed E-state index contributed by atoms with van der Waals surface area (Å²) in [4.78, 5) is 11.5. The molecule has 14 heavy (non-hydrogen) atoms. The number of carbonyl (C=O) groups excluding carboxylic acids is 1. The molecule has 0 spiro atoms. The number of phenols is 1. The molecule has 0 saturated carbocycles. The number of benzene rings is 1. The number of phenolic OH excluding ortho intramolecular Hbond substituents is 1. The summed E-state index contributed by atoms with van der Waals surface area (Å²) in [6, 6.07) is 3.38. The van der Waals surface area contributed by atoms with Crippen LogP contribution in [0.1, 0.15) is 29.3 Å². The van der Waals surface area contributed by atoms with Crippen molar-refractivity contribution in [2.24, 2.45) is 0 Å². The van der Waals surface area contributed by atoms with Crippen molar-refractivity contribution < 1.29 is 14.6 Å². The number of hydrogen-bond acceptors (Lipinski definition) is 3. The summed E-state index contributed by atoms with van der Waals surface area (Å²) in [6.45, 7) is 2.29. The van der Waals surface area contributed by atoms with E-state index >= 15 is 0 Å². The third kappa shape index (κ3) is 1.25. The third-order valence-corrected chi connectivity index (χ3v) is 2.41. The first-order valence-electron chi connectivity index (χ1n) is 4.75. The lowest BCUT2D eigenvalue weighted by Gasteiger charge is -2.09. The molecule has 1 aliphatic carbocycles.